The van der Waals surface area contributed by atoms with E-state index in [0.29, 0.717) is 12.2 Å². The van der Waals surface area contributed by atoms with Crippen LogP contribution in [0.5, 0.6) is 0 Å². The smallest absolute Gasteiger partial charge is 0.0707 e. The van der Waals surface area contributed by atoms with E-state index in [1.807, 2.05) is 0 Å². The average molecular weight is 224 g/mol. The number of likely N-dealkylation sites (tertiary alicyclic amines) is 1. The zero-order valence-corrected chi connectivity index (χ0v) is 10.3. The third-order valence-electron chi connectivity index (χ3n) is 4.23. The van der Waals surface area contributed by atoms with Gasteiger partial charge < -0.3 is 10.1 Å². The van der Waals surface area contributed by atoms with E-state index in [1.54, 1.807) is 0 Å². The van der Waals surface area contributed by atoms with Gasteiger partial charge in [-0.15, -0.1) is 0 Å². The SMILES string of the molecule is CCNC(CN1CC2CCC(C1)O2)C1CC1. The van der Waals surface area contributed by atoms with Crippen molar-refractivity contribution in [3.05, 3.63) is 0 Å². The van der Waals surface area contributed by atoms with Crippen molar-refractivity contribution < 1.29 is 4.74 Å². The molecular weight excluding hydrogens is 200 g/mol. The molecular formula is C13H24N2O. The Morgan fingerprint density at radius 1 is 1.19 bits per heavy atom. The summed E-state index contributed by atoms with van der Waals surface area (Å²) in [6, 6.07) is 0.738. The number of nitrogens with zero attached hydrogens (tertiary/aromatic N) is 1. The van der Waals surface area contributed by atoms with Gasteiger partial charge in [-0.2, -0.15) is 0 Å². The molecule has 0 aromatic rings. The minimum Gasteiger partial charge on any atom is -0.372 e. The summed E-state index contributed by atoms with van der Waals surface area (Å²) in [6.45, 7) is 6.92. The van der Waals surface area contributed by atoms with Gasteiger partial charge in [-0.25, -0.2) is 0 Å². The highest BCUT2D eigenvalue weighted by molar-refractivity contribution is 4.91. The molecule has 1 saturated carbocycles. The molecule has 2 bridgehead atoms. The zero-order valence-electron chi connectivity index (χ0n) is 10.3. The fourth-order valence-corrected chi connectivity index (χ4v) is 3.27. The van der Waals surface area contributed by atoms with Crippen LogP contribution in [0.1, 0.15) is 32.6 Å². The van der Waals surface area contributed by atoms with Gasteiger partial charge in [-0.05, 0) is 38.1 Å². The summed E-state index contributed by atoms with van der Waals surface area (Å²) in [5.41, 5.74) is 0. The van der Waals surface area contributed by atoms with Crippen molar-refractivity contribution in [1.82, 2.24) is 10.2 Å². The van der Waals surface area contributed by atoms with Crippen LogP contribution in [0.4, 0.5) is 0 Å². The molecule has 3 unspecified atom stereocenters. The Labute approximate surface area is 98.5 Å². The first-order chi connectivity index (χ1) is 7.85. The Morgan fingerprint density at radius 2 is 1.88 bits per heavy atom. The molecule has 0 aromatic heterocycles. The molecule has 0 aromatic carbocycles. The molecule has 3 nitrogen and oxygen atoms in total. The van der Waals surface area contributed by atoms with E-state index >= 15 is 0 Å². The van der Waals surface area contributed by atoms with Gasteiger partial charge in [0.05, 0.1) is 12.2 Å². The highest BCUT2D eigenvalue weighted by Crippen LogP contribution is 2.34. The van der Waals surface area contributed by atoms with Gasteiger partial charge >= 0.3 is 0 Å². The topological polar surface area (TPSA) is 24.5 Å². The first-order valence-corrected chi connectivity index (χ1v) is 6.96. The van der Waals surface area contributed by atoms with Crippen LogP contribution in [0, 0.1) is 5.92 Å². The Bertz CT molecular complexity index is 230. The second-order valence-electron chi connectivity index (χ2n) is 5.68. The van der Waals surface area contributed by atoms with E-state index in [4.69, 9.17) is 4.74 Å². The average Bonchev–Trinajstić information content (AvgIpc) is 3.05. The quantitative estimate of drug-likeness (QED) is 0.760. The van der Waals surface area contributed by atoms with E-state index in [0.717, 1.165) is 18.5 Å². The summed E-state index contributed by atoms with van der Waals surface area (Å²) < 4.78 is 5.88. The van der Waals surface area contributed by atoms with Crippen molar-refractivity contribution in [2.45, 2.75) is 50.9 Å². The molecule has 0 radical (unpaired) electrons. The van der Waals surface area contributed by atoms with Crippen molar-refractivity contribution >= 4 is 0 Å². The summed E-state index contributed by atoms with van der Waals surface area (Å²) in [7, 11) is 0. The molecule has 2 aliphatic heterocycles. The largest absolute Gasteiger partial charge is 0.372 e. The summed E-state index contributed by atoms with van der Waals surface area (Å²) in [4.78, 5) is 2.64. The Hall–Kier alpha value is -0.120. The summed E-state index contributed by atoms with van der Waals surface area (Å²) >= 11 is 0. The number of hydrogen-bond acceptors (Lipinski definition) is 3. The van der Waals surface area contributed by atoms with Gasteiger partial charge in [0.25, 0.3) is 0 Å². The maximum atomic E-state index is 5.88. The van der Waals surface area contributed by atoms with Crippen molar-refractivity contribution in [3.63, 3.8) is 0 Å². The molecule has 2 heterocycles. The van der Waals surface area contributed by atoms with Gasteiger partial charge in [0.2, 0.25) is 0 Å². The van der Waals surface area contributed by atoms with E-state index in [1.165, 1.54) is 45.3 Å². The maximum Gasteiger partial charge on any atom is 0.0707 e. The van der Waals surface area contributed by atoms with Crippen molar-refractivity contribution in [2.24, 2.45) is 5.92 Å². The van der Waals surface area contributed by atoms with E-state index in [2.05, 4.69) is 17.1 Å². The van der Waals surface area contributed by atoms with Crippen molar-refractivity contribution in [2.75, 3.05) is 26.2 Å². The Kier molecular flexibility index (Phi) is 3.18. The number of likely N-dealkylation sites (N-methyl/N-ethyl adjacent to an activating group) is 1. The molecule has 2 saturated heterocycles. The maximum absolute atomic E-state index is 5.88. The van der Waals surface area contributed by atoms with Crippen LogP contribution in [0.3, 0.4) is 0 Å². The van der Waals surface area contributed by atoms with E-state index < -0.39 is 0 Å². The van der Waals surface area contributed by atoms with E-state index in [9.17, 15) is 0 Å². The Balaban J connectivity index is 1.52. The molecule has 3 rings (SSSR count). The third kappa shape index (κ3) is 2.41. The number of hydrogen-bond donors (Lipinski definition) is 1. The lowest BCUT2D eigenvalue weighted by molar-refractivity contribution is -0.0412. The molecule has 3 fully saturated rings. The minimum atomic E-state index is 0.542. The number of rotatable bonds is 5. The molecule has 0 spiro atoms. The third-order valence-corrected chi connectivity index (χ3v) is 4.23. The van der Waals surface area contributed by atoms with Crippen LogP contribution in [0.25, 0.3) is 0 Å². The highest BCUT2D eigenvalue weighted by atomic mass is 16.5. The molecule has 92 valence electrons. The lowest BCUT2D eigenvalue weighted by Gasteiger charge is -2.34. The van der Waals surface area contributed by atoms with Crippen molar-refractivity contribution in [1.29, 1.82) is 0 Å². The number of nitrogens with one attached hydrogen (secondary N) is 1. The van der Waals surface area contributed by atoms with Gasteiger partial charge in [0.15, 0.2) is 0 Å². The van der Waals surface area contributed by atoms with Gasteiger partial charge in [0, 0.05) is 25.7 Å². The molecule has 1 N–H and O–H groups in total. The van der Waals surface area contributed by atoms with Crippen LogP contribution in [0.2, 0.25) is 0 Å². The number of fused-ring (bicyclic) bond motifs is 2. The Morgan fingerprint density at radius 3 is 2.44 bits per heavy atom. The normalized spacial score (nSPS) is 36.6. The predicted molar refractivity (Wildman–Crippen MR) is 64.5 cm³/mol. The predicted octanol–water partition coefficient (Wildman–Crippen LogP) is 1.24. The second kappa shape index (κ2) is 4.63. The van der Waals surface area contributed by atoms with Crippen LogP contribution in [0.15, 0.2) is 0 Å². The standard InChI is InChI=1S/C13H24N2O/c1-2-14-13(10-3-4-10)9-15-7-11-5-6-12(8-15)16-11/h10-14H,2-9H2,1H3. The fraction of sp³-hybridized carbons (Fsp3) is 1.00. The molecule has 3 heteroatoms. The highest BCUT2D eigenvalue weighted by Gasteiger charge is 2.37. The van der Waals surface area contributed by atoms with Crippen LogP contribution < -0.4 is 5.32 Å². The second-order valence-corrected chi connectivity index (χ2v) is 5.68. The summed E-state index contributed by atoms with van der Waals surface area (Å²) in [5.74, 6) is 0.959. The molecule has 16 heavy (non-hydrogen) atoms. The molecule has 3 atom stereocenters. The molecule has 1 aliphatic carbocycles. The van der Waals surface area contributed by atoms with Gasteiger partial charge in [-0.3, -0.25) is 4.90 Å². The minimum absolute atomic E-state index is 0.542. The first kappa shape index (κ1) is 11.0. The molecule has 3 aliphatic rings. The molecule has 0 amide bonds. The van der Waals surface area contributed by atoms with E-state index in [-0.39, 0.29) is 0 Å². The monoisotopic (exact) mass is 224 g/mol. The van der Waals surface area contributed by atoms with Crippen molar-refractivity contribution in [3.8, 4) is 0 Å². The van der Waals surface area contributed by atoms with Crippen LogP contribution in [-0.2, 0) is 4.74 Å². The summed E-state index contributed by atoms with van der Waals surface area (Å²) in [5, 5.41) is 3.66. The van der Waals surface area contributed by atoms with Gasteiger partial charge in [-0.1, -0.05) is 6.92 Å². The number of morpholine rings is 1. The van der Waals surface area contributed by atoms with Gasteiger partial charge in [0.1, 0.15) is 0 Å². The fourth-order valence-electron chi connectivity index (χ4n) is 3.27. The number of ether oxygens (including phenoxy) is 1. The first-order valence-electron chi connectivity index (χ1n) is 6.96. The lowest BCUT2D eigenvalue weighted by atomic mass is 10.1. The van der Waals surface area contributed by atoms with Crippen LogP contribution >= 0.6 is 0 Å². The zero-order chi connectivity index (χ0) is 11.0. The lowest BCUT2D eigenvalue weighted by Crippen LogP contribution is -2.49. The summed E-state index contributed by atoms with van der Waals surface area (Å²) in [6.07, 6.45) is 6.54. The van der Waals surface area contributed by atoms with Crippen LogP contribution in [-0.4, -0.2) is 49.3 Å².